The molecule has 1 heterocycles. The van der Waals surface area contributed by atoms with Gasteiger partial charge in [0, 0.05) is 30.9 Å². The molecule has 1 fully saturated rings. The van der Waals surface area contributed by atoms with Gasteiger partial charge in [-0.3, -0.25) is 4.79 Å². The number of piperidine rings is 1. The van der Waals surface area contributed by atoms with Crippen LogP contribution >= 0.6 is 0 Å². The van der Waals surface area contributed by atoms with Crippen molar-refractivity contribution in [2.24, 2.45) is 11.7 Å². The summed E-state index contributed by atoms with van der Waals surface area (Å²) in [5, 5.41) is 3.20. The quantitative estimate of drug-likeness (QED) is 0.881. The molecule has 0 saturated carbocycles. The number of carbonyl (C=O) groups is 1. The molecule has 0 aromatic heterocycles. The highest BCUT2D eigenvalue weighted by Crippen LogP contribution is 2.22. The average Bonchev–Trinajstić information content (AvgIpc) is 2.68. The number of anilines is 1. The minimum atomic E-state index is -0.273. The van der Waals surface area contributed by atoms with E-state index in [0.29, 0.717) is 0 Å². The van der Waals surface area contributed by atoms with Gasteiger partial charge in [0.1, 0.15) is 0 Å². The van der Waals surface area contributed by atoms with Crippen molar-refractivity contribution in [1.29, 1.82) is 0 Å². The summed E-state index contributed by atoms with van der Waals surface area (Å²) in [5.41, 5.74) is 8.53. The Balaban J connectivity index is 1.50. The number of nitrogens with two attached hydrogens (primary N) is 1. The molecule has 1 aliphatic rings. The smallest absolute Gasteiger partial charge is 0.224 e. The van der Waals surface area contributed by atoms with Crippen LogP contribution in [-0.2, 0) is 4.79 Å². The lowest BCUT2D eigenvalue weighted by molar-refractivity contribution is -0.126. The second kappa shape index (κ2) is 8.17. The van der Waals surface area contributed by atoms with Crippen molar-refractivity contribution >= 4 is 11.6 Å². The lowest BCUT2D eigenvalue weighted by atomic mass is 9.94. The van der Waals surface area contributed by atoms with Gasteiger partial charge in [0.15, 0.2) is 0 Å². The van der Waals surface area contributed by atoms with Gasteiger partial charge < -0.3 is 16.0 Å². The van der Waals surface area contributed by atoms with Gasteiger partial charge >= 0.3 is 0 Å². The van der Waals surface area contributed by atoms with Crippen molar-refractivity contribution in [2.45, 2.75) is 31.8 Å². The van der Waals surface area contributed by atoms with Gasteiger partial charge in [0.2, 0.25) is 5.91 Å². The van der Waals surface area contributed by atoms with E-state index in [1.165, 1.54) is 5.69 Å². The Hall–Kier alpha value is -2.33. The number of nitrogens with one attached hydrogen (secondary N) is 1. The van der Waals surface area contributed by atoms with Crippen molar-refractivity contribution in [1.82, 2.24) is 5.32 Å². The number of carbonyl (C=O) groups excluding carboxylic acids is 1. The number of amides is 1. The van der Waals surface area contributed by atoms with Gasteiger partial charge in [-0.2, -0.15) is 0 Å². The molecule has 25 heavy (non-hydrogen) atoms. The minimum Gasteiger partial charge on any atom is -0.371 e. The van der Waals surface area contributed by atoms with Gasteiger partial charge in [-0.25, -0.2) is 0 Å². The van der Waals surface area contributed by atoms with Crippen LogP contribution in [0.3, 0.4) is 0 Å². The summed E-state index contributed by atoms with van der Waals surface area (Å²) in [6, 6.07) is 20.2. The van der Waals surface area contributed by atoms with Crippen LogP contribution < -0.4 is 16.0 Å². The summed E-state index contributed by atoms with van der Waals surface area (Å²) in [6.45, 7) is 3.84. The molecule has 0 bridgehead atoms. The van der Waals surface area contributed by atoms with E-state index in [1.54, 1.807) is 0 Å². The fraction of sp³-hybridized carbons (Fsp3) is 0.381. The molecule has 2 aromatic rings. The molecule has 2 atom stereocenters. The number of para-hydroxylation sites is 1. The molecule has 132 valence electrons. The van der Waals surface area contributed by atoms with Crippen molar-refractivity contribution in [2.75, 3.05) is 18.0 Å². The highest BCUT2D eigenvalue weighted by Gasteiger charge is 2.26. The van der Waals surface area contributed by atoms with Gasteiger partial charge in [0.05, 0.1) is 5.92 Å². The summed E-state index contributed by atoms with van der Waals surface area (Å²) in [5.74, 6) is -0.191. The zero-order valence-corrected chi connectivity index (χ0v) is 14.8. The SMILES string of the molecule is CC(C(=O)NC1CCN(c2ccccc2)CC1)C(N)c1ccccc1. The third-order valence-corrected chi connectivity index (χ3v) is 5.10. The third kappa shape index (κ3) is 4.40. The monoisotopic (exact) mass is 337 g/mol. The van der Waals surface area contributed by atoms with E-state index in [4.69, 9.17) is 5.73 Å². The Bertz CT molecular complexity index is 666. The van der Waals surface area contributed by atoms with Crippen LogP contribution in [0.25, 0.3) is 0 Å². The molecule has 4 nitrogen and oxygen atoms in total. The first-order valence-corrected chi connectivity index (χ1v) is 9.06. The number of rotatable bonds is 5. The van der Waals surface area contributed by atoms with E-state index in [1.807, 2.05) is 43.3 Å². The molecule has 2 unspecified atom stereocenters. The lowest BCUT2D eigenvalue weighted by Crippen LogP contribution is -2.47. The third-order valence-electron chi connectivity index (χ3n) is 5.10. The van der Waals surface area contributed by atoms with Gasteiger partial charge in [-0.15, -0.1) is 0 Å². The first kappa shape index (κ1) is 17.5. The topological polar surface area (TPSA) is 58.4 Å². The van der Waals surface area contributed by atoms with Crippen LogP contribution in [0.4, 0.5) is 5.69 Å². The molecule has 4 heteroatoms. The maximum absolute atomic E-state index is 12.6. The summed E-state index contributed by atoms with van der Waals surface area (Å²) in [7, 11) is 0. The normalized spacial score (nSPS) is 17.8. The van der Waals surface area contributed by atoms with Gasteiger partial charge in [-0.1, -0.05) is 55.5 Å². The Labute approximate surface area is 150 Å². The van der Waals surface area contributed by atoms with Crippen LogP contribution in [-0.4, -0.2) is 25.0 Å². The zero-order valence-electron chi connectivity index (χ0n) is 14.8. The van der Waals surface area contributed by atoms with E-state index in [2.05, 4.69) is 34.5 Å². The predicted octanol–water partition coefficient (Wildman–Crippen LogP) is 3.11. The summed E-state index contributed by atoms with van der Waals surface area (Å²) in [4.78, 5) is 14.9. The Kier molecular flexibility index (Phi) is 5.71. The lowest BCUT2D eigenvalue weighted by Gasteiger charge is -2.34. The second-order valence-corrected chi connectivity index (χ2v) is 6.83. The molecule has 1 amide bonds. The molecule has 3 N–H and O–H groups in total. The first-order valence-electron chi connectivity index (χ1n) is 9.06. The molecule has 0 spiro atoms. The van der Waals surface area contributed by atoms with E-state index in [-0.39, 0.29) is 23.9 Å². The van der Waals surface area contributed by atoms with Gasteiger partial charge in [0.25, 0.3) is 0 Å². The maximum atomic E-state index is 12.6. The molecule has 1 aliphatic heterocycles. The van der Waals surface area contributed by atoms with Crippen LogP contribution in [0.2, 0.25) is 0 Å². The molecule has 0 aliphatic carbocycles. The van der Waals surface area contributed by atoms with E-state index in [9.17, 15) is 4.79 Å². The highest BCUT2D eigenvalue weighted by molar-refractivity contribution is 5.79. The van der Waals surface area contributed by atoms with Crippen molar-refractivity contribution < 1.29 is 4.79 Å². The second-order valence-electron chi connectivity index (χ2n) is 6.83. The minimum absolute atomic E-state index is 0.0505. The van der Waals surface area contributed by atoms with Gasteiger partial charge in [-0.05, 0) is 30.5 Å². The number of hydrogen-bond acceptors (Lipinski definition) is 3. The highest BCUT2D eigenvalue weighted by atomic mass is 16.2. The zero-order chi connectivity index (χ0) is 17.6. The molecule has 2 aromatic carbocycles. The molecular weight excluding hydrogens is 310 g/mol. The molecular formula is C21H27N3O. The van der Waals surface area contributed by atoms with Crippen molar-refractivity contribution in [3.05, 3.63) is 66.2 Å². The van der Waals surface area contributed by atoms with E-state index in [0.717, 1.165) is 31.5 Å². The van der Waals surface area contributed by atoms with Crippen molar-refractivity contribution in [3.63, 3.8) is 0 Å². The molecule has 0 radical (unpaired) electrons. The fourth-order valence-electron chi connectivity index (χ4n) is 3.38. The summed E-state index contributed by atoms with van der Waals surface area (Å²) >= 11 is 0. The standard InChI is InChI=1S/C21H27N3O/c1-16(20(22)17-8-4-2-5-9-17)21(25)23-18-12-14-24(15-13-18)19-10-6-3-7-11-19/h2-11,16,18,20H,12-15,22H2,1H3,(H,23,25). The molecule has 1 saturated heterocycles. The maximum Gasteiger partial charge on any atom is 0.224 e. The summed E-state index contributed by atoms with van der Waals surface area (Å²) in [6.07, 6.45) is 1.93. The van der Waals surface area contributed by atoms with Crippen LogP contribution in [0.5, 0.6) is 0 Å². The van der Waals surface area contributed by atoms with Crippen LogP contribution in [0.15, 0.2) is 60.7 Å². The largest absolute Gasteiger partial charge is 0.371 e. The summed E-state index contributed by atoms with van der Waals surface area (Å²) < 4.78 is 0. The Morgan fingerprint density at radius 3 is 2.20 bits per heavy atom. The fourth-order valence-corrected chi connectivity index (χ4v) is 3.38. The first-order chi connectivity index (χ1) is 12.1. The van der Waals surface area contributed by atoms with Crippen LogP contribution in [0.1, 0.15) is 31.4 Å². The molecule has 3 rings (SSSR count). The number of benzene rings is 2. The number of nitrogens with zero attached hydrogens (tertiary/aromatic N) is 1. The Morgan fingerprint density at radius 1 is 1.04 bits per heavy atom. The average molecular weight is 337 g/mol. The van der Waals surface area contributed by atoms with Crippen LogP contribution in [0, 0.1) is 5.92 Å². The van der Waals surface area contributed by atoms with E-state index >= 15 is 0 Å². The van der Waals surface area contributed by atoms with E-state index < -0.39 is 0 Å². The predicted molar refractivity (Wildman–Crippen MR) is 102 cm³/mol. The number of hydrogen-bond donors (Lipinski definition) is 2. The Morgan fingerprint density at radius 2 is 1.60 bits per heavy atom. The van der Waals surface area contributed by atoms with Crippen molar-refractivity contribution in [3.8, 4) is 0 Å².